The van der Waals surface area contributed by atoms with Crippen LogP contribution >= 0.6 is 23.4 Å². The number of amides is 2. The topological polar surface area (TPSA) is 49.4 Å². The van der Waals surface area contributed by atoms with Crippen LogP contribution in [-0.2, 0) is 21.9 Å². The molecule has 0 radical (unpaired) electrons. The van der Waals surface area contributed by atoms with E-state index in [1.165, 1.54) is 12.0 Å². The van der Waals surface area contributed by atoms with Gasteiger partial charge in [-0.3, -0.25) is 9.59 Å². The van der Waals surface area contributed by atoms with E-state index in [4.69, 9.17) is 11.6 Å². The van der Waals surface area contributed by atoms with E-state index in [-0.39, 0.29) is 17.9 Å². The Bertz CT molecular complexity index is 897. The van der Waals surface area contributed by atoms with Crippen LogP contribution in [0.4, 0.5) is 0 Å². The van der Waals surface area contributed by atoms with E-state index in [1.807, 2.05) is 62.4 Å². The van der Waals surface area contributed by atoms with Gasteiger partial charge in [0, 0.05) is 23.4 Å². The summed E-state index contributed by atoms with van der Waals surface area (Å²) in [5, 5.41) is 3.88. The van der Waals surface area contributed by atoms with E-state index in [9.17, 15) is 9.59 Å². The van der Waals surface area contributed by atoms with Gasteiger partial charge in [-0.2, -0.15) is 0 Å². The van der Waals surface area contributed by atoms with Gasteiger partial charge in [-0.25, -0.2) is 0 Å². The third kappa shape index (κ3) is 7.56. The number of benzene rings is 2. The van der Waals surface area contributed by atoms with Crippen molar-refractivity contribution in [2.45, 2.75) is 70.3 Å². The number of thioether (sulfide) groups is 1. The SMILES string of the molecule is Cc1ccc(CN(C(=O)CSCc2cccc(Cl)c2)[C@H](C)C(=O)NC2CCCCC2)cc1. The summed E-state index contributed by atoms with van der Waals surface area (Å²) in [6.45, 7) is 4.31. The van der Waals surface area contributed by atoms with E-state index in [1.54, 1.807) is 16.7 Å². The first-order chi connectivity index (χ1) is 15.4. The highest BCUT2D eigenvalue weighted by Crippen LogP contribution is 2.20. The van der Waals surface area contributed by atoms with Gasteiger partial charge in [0.15, 0.2) is 0 Å². The van der Waals surface area contributed by atoms with Crippen molar-refractivity contribution < 1.29 is 9.59 Å². The Labute approximate surface area is 201 Å². The third-order valence-corrected chi connectivity index (χ3v) is 7.20. The largest absolute Gasteiger partial charge is 0.352 e. The standard InChI is InChI=1S/C26H33ClN2O2S/c1-19-11-13-21(14-12-19)16-29(20(2)26(31)28-24-9-4-3-5-10-24)25(30)18-32-17-22-7-6-8-23(27)15-22/h6-8,11-15,20,24H,3-5,9-10,16-18H2,1-2H3,(H,28,31)/t20-/m1/s1. The second-order valence-corrected chi connectivity index (χ2v) is 10.1. The van der Waals surface area contributed by atoms with Crippen molar-refractivity contribution in [1.29, 1.82) is 0 Å². The molecule has 172 valence electrons. The molecule has 0 aromatic heterocycles. The highest BCUT2D eigenvalue weighted by atomic mass is 35.5. The highest BCUT2D eigenvalue weighted by molar-refractivity contribution is 7.99. The summed E-state index contributed by atoms with van der Waals surface area (Å²) in [4.78, 5) is 27.9. The van der Waals surface area contributed by atoms with Gasteiger partial charge in [0.2, 0.25) is 11.8 Å². The molecule has 6 heteroatoms. The molecule has 1 N–H and O–H groups in total. The van der Waals surface area contributed by atoms with Crippen molar-refractivity contribution >= 4 is 35.2 Å². The van der Waals surface area contributed by atoms with Crippen LogP contribution in [0.15, 0.2) is 48.5 Å². The Morgan fingerprint density at radius 2 is 1.81 bits per heavy atom. The van der Waals surface area contributed by atoms with Crippen molar-refractivity contribution in [1.82, 2.24) is 10.2 Å². The summed E-state index contributed by atoms with van der Waals surface area (Å²) in [5.74, 6) is 0.938. The lowest BCUT2D eigenvalue weighted by Gasteiger charge is -2.31. The Morgan fingerprint density at radius 1 is 1.09 bits per heavy atom. The maximum absolute atomic E-state index is 13.2. The summed E-state index contributed by atoms with van der Waals surface area (Å²) < 4.78 is 0. The normalized spacial score (nSPS) is 15.2. The van der Waals surface area contributed by atoms with Crippen molar-refractivity contribution in [3.63, 3.8) is 0 Å². The van der Waals surface area contributed by atoms with Crippen LogP contribution in [-0.4, -0.2) is 34.6 Å². The van der Waals surface area contributed by atoms with Gasteiger partial charge in [-0.1, -0.05) is 72.8 Å². The van der Waals surface area contributed by atoms with Crippen LogP contribution in [0.25, 0.3) is 0 Å². The molecular weight excluding hydrogens is 440 g/mol. The van der Waals surface area contributed by atoms with Gasteiger partial charge in [0.05, 0.1) is 5.75 Å². The van der Waals surface area contributed by atoms with Gasteiger partial charge >= 0.3 is 0 Å². The summed E-state index contributed by atoms with van der Waals surface area (Å²) >= 11 is 7.61. The third-order valence-electron chi connectivity index (χ3n) is 5.98. The Kier molecular flexibility index (Phi) is 9.49. The Balaban J connectivity index is 1.64. The van der Waals surface area contributed by atoms with Gasteiger partial charge in [0.25, 0.3) is 0 Å². The van der Waals surface area contributed by atoms with Gasteiger partial charge in [0.1, 0.15) is 6.04 Å². The Hall–Kier alpha value is -1.98. The molecule has 1 saturated carbocycles. The number of carbonyl (C=O) groups excluding carboxylic acids is 2. The first-order valence-electron chi connectivity index (χ1n) is 11.4. The van der Waals surface area contributed by atoms with Gasteiger partial charge < -0.3 is 10.2 Å². The first kappa shape index (κ1) is 24.7. The smallest absolute Gasteiger partial charge is 0.242 e. The minimum atomic E-state index is -0.516. The van der Waals surface area contributed by atoms with Crippen LogP contribution < -0.4 is 5.32 Å². The van der Waals surface area contributed by atoms with Crippen LogP contribution in [0, 0.1) is 6.92 Å². The second kappa shape index (κ2) is 12.3. The summed E-state index contributed by atoms with van der Waals surface area (Å²) in [6, 6.07) is 15.5. The molecule has 2 aromatic carbocycles. The van der Waals surface area contributed by atoms with E-state index in [2.05, 4.69) is 5.32 Å². The van der Waals surface area contributed by atoms with Crippen molar-refractivity contribution in [2.24, 2.45) is 0 Å². The predicted octanol–water partition coefficient (Wildman–Crippen LogP) is 5.75. The van der Waals surface area contributed by atoms with E-state index < -0.39 is 6.04 Å². The molecule has 0 saturated heterocycles. The number of aryl methyl sites for hydroxylation is 1. The molecule has 0 heterocycles. The maximum atomic E-state index is 13.2. The zero-order chi connectivity index (χ0) is 22.9. The molecule has 4 nitrogen and oxygen atoms in total. The fraction of sp³-hybridized carbons (Fsp3) is 0.462. The van der Waals surface area contributed by atoms with Crippen molar-refractivity contribution in [3.05, 3.63) is 70.2 Å². The summed E-state index contributed by atoms with van der Waals surface area (Å²) in [7, 11) is 0. The lowest BCUT2D eigenvalue weighted by molar-refractivity contribution is -0.139. The number of rotatable bonds is 9. The predicted molar refractivity (Wildman–Crippen MR) is 134 cm³/mol. The number of nitrogens with one attached hydrogen (secondary N) is 1. The number of halogens is 1. The van der Waals surface area contributed by atoms with Crippen LogP contribution in [0.3, 0.4) is 0 Å². The minimum Gasteiger partial charge on any atom is -0.352 e. The van der Waals surface area contributed by atoms with E-state index >= 15 is 0 Å². The van der Waals surface area contributed by atoms with Crippen molar-refractivity contribution in [2.75, 3.05) is 5.75 Å². The van der Waals surface area contributed by atoms with Crippen LogP contribution in [0.1, 0.15) is 55.7 Å². The zero-order valence-electron chi connectivity index (χ0n) is 19.0. The molecule has 32 heavy (non-hydrogen) atoms. The highest BCUT2D eigenvalue weighted by Gasteiger charge is 2.28. The second-order valence-electron chi connectivity index (χ2n) is 8.65. The lowest BCUT2D eigenvalue weighted by Crippen LogP contribution is -2.50. The Morgan fingerprint density at radius 3 is 2.50 bits per heavy atom. The molecule has 1 atom stereocenters. The lowest BCUT2D eigenvalue weighted by atomic mass is 9.95. The molecule has 2 aromatic rings. The zero-order valence-corrected chi connectivity index (χ0v) is 20.6. The summed E-state index contributed by atoms with van der Waals surface area (Å²) in [6.07, 6.45) is 5.61. The molecule has 3 rings (SSSR count). The average molecular weight is 473 g/mol. The van der Waals surface area contributed by atoms with E-state index in [0.29, 0.717) is 23.1 Å². The molecule has 2 amide bonds. The molecular formula is C26H33ClN2O2S. The van der Waals surface area contributed by atoms with E-state index in [0.717, 1.165) is 36.8 Å². The average Bonchev–Trinajstić information content (AvgIpc) is 2.79. The van der Waals surface area contributed by atoms with Crippen molar-refractivity contribution in [3.8, 4) is 0 Å². The molecule has 1 aliphatic carbocycles. The quantitative estimate of drug-likeness (QED) is 0.505. The molecule has 0 unspecified atom stereocenters. The van der Waals surface area contributed by atoms with Crippen LogP contribution in [0.2, 0.25) is 5.02 Å². The van der Waals surface area contributed by atoms with Crippen LogP contribution in [0.5, 0.6) is 0 Å². The molecule has 1 fully saturated rings. The summed E-state index contributed by atoms with van der Waals surface area (Å²) in [5.41, 5.74) is 3.29. The number of hydrogen-bond acceptors (Lipinski definition) is 3. The maximum Gasteiger partial charge on any atom is 0.242 e. The molecule has 0 bridgehead atoms. The molecule has 0 aliphatic heterocycles. The fourth-order valence-corrected chi connectivity index (χ4v) is 5.08. The van der Waals surface area contributed by atoms with Gasteiger partial charge in [-0.05, 0) is 49.9 Å². The monoisotopic (exact) mass is 472 g/mol. The van der Waals surface area contributed by atoms with Gasteiger partial charge in [-0.15, -0.1) is 11.8 Å². The number of carbonyl (C=O) groups is 2. The first-order valence-corrected chi connectivity index (χ1v) is 12.9. The number of nitrogens with zero attached hydrogens (tertiary/aromatic N) is 1. The number of hydrogen-bond donors (Lipinski definition) is 1. The fourth-order valence-electron chi connectivity index (χ4n) is 4.01. The molecule has 1 aliphatic rings. The molecule has 0 spiro atoms. The minimum absolute atomic E-state index is 0.0242.